The highest BCUT2D eigenvalue weighted by Gasteiger charge is 2.32. The van der Waals surface area contributed by atoms with Gasteiger partial charge in [0.2, 0.25) is 38.6 Å². The van der Waals surface area contributed by atoms with E-state index in [1.165, 1.54) is 47.4 Å². The number of carbonyl (C=O) groups is 4. The molecular formula is C71H78BCl5IN20O6S5. The van der Waals surface area contributed by atoms with E-state index in [1.807, 2.05) is 129 Å². The van der Waals surface area contributed by atoms with Gasteiger partial charge in [0, 0.05) is 156 Å². The average Bonchev–Trinajstić information content (AvgIpc) is 0.879. The topological polar surface area (TPSA) is 342 Å². The molecule has 10 aromatic rings. The van der Waals surface area contributed by atoms with E-state index in [4.69, 9.17) is 68.0 Å². The number of nitrogens with one attached hydrogen (secondary N) is 8. The Morgan fingerprint density at radius 1 is 0.459 bits per heavy atom. The van der Waals surface area contributed by atoms with Crippen LogP contribution in [0, 0.1) is 37.5 Å². The van der Waals surface area contributed by atoms with Gasteiger partial charge in [0.05, 0.1) is 0 Å². The molecule has 1 saturated heterocycles. The molecule has 1 aliphatic heterocycles. The van der Waals surface area contributed by atoms with E-state index in [-0.39, 0.29) is 104 Å². The lowest BCUT2D eigenvalue weighted by molar-refractivity contribution is -0.118. The summed E-state index contributed by atoms with van der Waals surface area (Å²) in [6, 6.07) is 40.6. The highest BCUT2D eigenvalue weighted by Crippen LogP contribution is 2.37. The quantitative estimate of drug-likeness (QED) is 0.0112. The number of thiol groups is 1. The maximum absolute atomic E-state index is 12.0. The number of amides is 4. The third kappa shape index (κ3) is 29.3. The summed E-state index contributed by atoms with van der Waals surface area (Å²) in [5.74, 6) is 4.85. The van der Waals surface area contributed by atoms with Crippen molar-refractivity contribution in [3.8, 4) is 0 Å². The molecule has 0 spiro atoms. The van der Waals surface area contributed by atoms with Gasteiger partial charge >= 0.3 is 0 Å². The number of piperazine rings is 1. The van der Waals surface area contributed by atoms with E-state index in [0.717, 1.165) is 149 Å². The number of sulfone groups is 1. The van der Waals surface area contributed by atoms with Crippen LogP contribution in [0.5, 0.6) is 0 Å². The maximum Gasteiger partial charge on any atom is 0.249 e. The van der Waals surface area contributed by atoms with Crippen molar-refractivity contribution in [3.63, 3.8) is 0 Å². The standard InChI is InChI=1S/C23H28N8OS.C18H17ClN6OS.C14H11Cl2N3OS.C10H11NOS.C5H4Cl2N2O2S.CH4.B.HI.H2/c1-15-13-20(29-28-15)25-19-14-21(31-11-9-30(2)10-12-31)27-23(26-19)33-18-7-5-17(6-8-18)24-22(32)16-3-4-16;1-10-8-16(25-24-10)22-15-9-14(19)21-18(23-15)27-13-6-4-12(5-7-13)20-17(26)11-2-3-11;15-11-7-12(16)19-14(18-11)21-10-5-3-9(4-6-10)17-13(20)8-1-2-8;12-10(7-1-2-7)11-8-3-5-9(13)6-4-8;1-12(10,11)5-8-3(6)2-4(7)9-5;;;;/h5-8,13-14,16H,3-4,9-12H2,1-2H3,(H,24,32)(H2,25,26,27,28,29);4-9,11H,2-3H2,1H3,(H,20,26)(H2,21,22,23,24,25);3-8H,1-2H2,(H,17,20);3-7,13H,1-2H2,(H,11,12);2H,1H3;1H4;;2*1H/i;;;;;;;;1+1. The summed E-state index contributed by atoms with van der Waals surface area (Å²) in [5.41, 5.74) is 5.19. The zero-order valence-corrected chi connectivity index (χ0v) is 68.5. The second-order valence-electron chi connectivity index (χ2n) is 25.0. The fourth-order valence-corrected chi connectivity index (χ4v) is 13.7. The van der Waals surface area contributed by atoms with Crippen molar-refractivity contribution < 1.29 is 29.0 Å². The van der Waals surface area contributed by atoms with Crippen molar-refractivity contribution in [1.82, 2.24) is 65.2 Å². The summed E-state index contributed by atoms with van der Waals surface area (Å²) in [6.07, 6.45) is 9.01. The molecule has 4 saturated carbocycles. The van der Waals surface area contributed by atoms with Crippen molar-refractivity contribution in [2.24, 2.45) is 23.7 Å². The molecule has 573 valence electrons. The average molecular weight is 1780 g/mol. The van der Waals surface area contributed by atoms with Crippen LogP contribution in [-0.2, 0) is 29.0 Å². The predicted molar refractivity (Wildman–Crippen MR) is 450 cm³/mol. The molecule has 0 atom stereocenters. The number of hydrogen-bond acceptors (Lipinski definition) is 24. The molecule has 4 aromatic carbocycles. The zero-order valence-electron chi connectivity index (χ0n) is 58.3. The minimum absolute atomic E-state index is 0. The van der Waals surface area contributed by atoms with Crippen LogP contribution in [0.1, 0.15) is 71.6 Å². The van der Waals surface area contributed by atoms with Gasteiger partial charge in [-0.2, -0.15) is 10.2 Å². The number of aromatic nitrogens is 12. The number of hydrogen-bond donors (Lipinski definition) is 9. The molecule has 4 aliphatic carbocycles. The number of nitrogens with zero attached hydrogens (tertiary/aromatic N) is 12. The zero-order chi connectivity index (χ0) is 75.0. The van der Waals surface area contributed by atoms with Gasteiger partial charge in [0.25, 0.3) is 0 Å². The van der Waals surface area contributed by atoms with E-state index in [2.05, 4.69) is 112 Å². The van der Waals surface area contributed by atoms with Crippen LogP contribution >= 0.6 is 130 Å². The van der Waals surface area contributed by atoms with Gasteiger partial charge < -0.3 is 41.7 Å². The monoisotopic (exact) mass is 1780 g/mol. The third-order valence-electron chi connectivity index (χ3n) is 15.7. The fourth-order valence-electron chi connectivity index (χ4n) is 9.45. The molecule has 6 aromatic heterocycles. The number of rotatable bonds is 20. The van der Waals surface area contributed by atoms with Gasteiger partial charge in [0.1, 0.15) is 43.2 Å². The SMILES string of the molecule is C.CS(=O)(=O)c1nc(Cl)cc(Cl)n1.Cc1cc(Nc2cc(Cl)nc(Sc3ccc(NC(=O)C4CC4)cc3)n2)n[nH]1.Cc1cc(Nc2cc(N3CCN(C)CC3)nc(Sc3ccc(NC(=O)C4CC4)cc3)n2)n[nH]1.I.O=C(Nc1ccc(S)cc1)C1CC1.O=C(Nc1ccc(Sc2nc(Cl)cc(Cl)n2)cc1)C1CC1.[2HH].[B]. The van der Waals surface area contributed by atoms with Gasteiger partial charge in [-0.05, 0) is 205 Å². The Kier molecular flexibility index (Phi) is 32.8. The van der Waals surface area contributed by atoms with E-state index >= 15 is 0 Å². The smallest absolute Gasteiger partial charge is 0.249 e. The summed E-state index contributed by atoms with van der Waals surface area (Å²) in [4.78, 5) is 88.7. The number of aromatic amines is 2. The summed E-state index contributed by atoms with van der Waals surface area (Å²) in [6.45, 7) is 7.74. The minimum Gasteiger partial charge on any atom is -0.354 e. The third-order valence-corrected chi connectivity index (χ3v) is 20.4. The molecule has 0 unspecified atom stereocenters. The Bertz CT molecular complexity index is 4830. The Morgan fingerprint density at radius 3 is 1.10 bits per heavy atom. The number of halogens is 6. The normalized spacial score (nSPS) is 14.2. The first kappa shape index (κ1) is 87.0. The Hall–Kier alpha value is -7.55. The van der Waals surface area contributed by atoms with Crippen LogP contribution in [0.2, 0.25) is 25.8 Å². The van der Waals surface area contributed by atoms with Gasteiger partial charge in [-0.1, -0.05) is 65.4 Å². The fraction of sp³-hybridized carbons (Fsp3) is 0.296. The van der Waals surface area contributed by atoms with Crippen LogP contribution in [-0.4, -0.2) is 145 Å². The van der Waals surface area contributed by atoms with Gasteiger partial charge in [0.15, 0.2) is 27.1 Å². The number of aryl methyl sites for hydroxylation is 2. The van der Waals surface area contributed by atoms with E-state index in [0.29, 0.717) is 48.4 Å². The first-order valence-corrected chi connectivity index (χ1v) is 39.9. The predicted octanol–water partition coefficient (Wildman–Crippen LogP) is 16.8. The molecule has 109 heavy (non-hydrogen) atoms. The lowest BCUT2D eigenvalue weighted by Gasteiger charge is -2.33. The first-order valence-electron chi connectivity index (χ1n) is 33.2. The van der Waals surface area contributed by atoms with Crippen molar-refractivity contribution in [2.75, 3.05) is 76.3 Å². The lowest BCUT2D eigenvalue weighted by Crippen LogP contribution is -2.44. The van der Waals surface area contributed by atoms with E-state index in [9.17, 15) is 27.6 Å². The van der Waals surface area contributed by atoms with Crippen molar-refractivity contribution in [3.05, 3.63) is 171 Å². The highest BCUT2D eigenvalue weighted by atomic mass is 127. The summed E-state index contributed by atoms with van der Waals surface area (Å²) in [5, 5.41) is 34.5. The molecule has 4 amide bonds. The van der Waals surface area contributed by atoms with E-state index in [1.54, 1.807) is 6.07 Å². The maximum atomic E-state index is 12.0. The second-order valence-corrected chi connectivity index (χ2v) is 32.5. The summed E-state index contributed by atoms with van der Waals surface area (Å²) < 4.78 is 21.8. The van der Waals surface area contributed by atoms with Crippen molar-refractivity contribution in [1.29, 1.82) is 0 Å². The van der Waals surface area contributed by atoms with Gasteiger partial charge in [-0.3, -0.25) is 29.4 Å². The molecule has 3 radical (unpaired) electrons. The summed E-state index contributed by atoms with van der Waals surface area (Å²) >= 11 is 37.1. The molecule has 5 aliphatic rings. The van der Waals surface area contributed by atoms with Crippen LogP contribution in [0.4, 0.5) is 51.8 Å². The van der Waals surface area contributed by atoms with Gasteiger partial charge in [-0.15, -0.1) is 36.6 Å². The number of benzene rings is 4. The first-order chi connectivity index (χ1) is 50.8. The van der Waals surface area contributed by atoms with Crippen molar-refractivity contribution in [2.45, 2.75) is 113 Å². The van der Waals surface area contributed by atoms with Crippen LogP contribution in [0.3, 0.4) is 0 Å². The summed E-state index contributed by atoms with van der Waals surface area (Å²) in [7, 11) is -1.30. The van der Waals surface area contributed by atoms with Crippen LogP contribution in [0.25, 0.3) is 0 Å². The van der Waals surface area contributed by atoms with E-state index < -0.39 is 9.84 Å². The molecule has 7 heterocycles. The number of likely N-dealkylation sites (N-methyl/N-ethyl adjacent to an activating group) is 1. The van der Waals surface area contributed by atoms with Crippen LogP contribution in [0.15, 0.2) is 174 Å². The largest absolute Gasteiger partial charge is 0.354 e. The van der Waals surface area contributed by atoms with Crippen LogP contribution < -0.4 is 36.8 Å². The second kappa shape index (κ2) is 41.1. The Labute approximate surface area is 695 Å². The molecule has 15 rings (SSSR count). The van der Waals surface area contributed by atoms with Crippen molar-refractivity contribution >= 4 is 224 Å². The molecule has 38 heteroatoms. The van der Waals surface area contributed by atoms with Gasteiger partial charge in [-0.25, -0.2) is 48.3 Å². The molecule has 0 bridgehead atoms. The lowest BCUT2D eigenvalue weighted by atomic mass is 10.3. The molecule has 8 N–H and O–H groups in total. The minimum atomic E-state index is -3.44. The molecule has 5 fully saturated rings. The molecular weight excluding hydrogens is 1700 g/mol. The highest BCUT2D eigenvalue weighted by molar-refractivity contribution is 14.0. The number of anilines is 9. The molecule has 26 nitrogen and oxygen atoms in total. The Morgan fingerprint density at radius 2 is 0.771 bits per heavy atom. The number of carbonyl (C=O) groups excluding carboxylic acids is 4. The Balaban J connectivity index is 0.000000198. The number of H-pyrrole nitrogens is 2.